The summed E-state index contributed by atoms with van der Waals surface area (Å²) in [5.74, 6) is 0.558. The molecular weight excluding hydrogens is 355 g/mol. The minimum Gasteiger partial charge on any atom is -0.383 e. The van der Waals surface area contributed by atoms with Crippen LogP contribution in [0.1, 0.15) is 23.5 Å². The van der Waals surface area contributed by atoms with Crippen LogP contribution in [-0.2, 0) is 17.5 Å². The van der Waals surface area contributed by atoms with Crippen LogP contribution < -0.4 is 10.6 Å². The predicted octanol–water partition coefficient (Wildman–Crippen LogP) is 1.94. The van der Waals surface area contributed by atoms with E-state index >= 15 is 0 Å². The van der Waals surface area contributed by atoms with Crippen molar-refractivity contribution in [1.29, 1.82) is 0 Å². The number of thiazole rings is 1. The molecule has 0 radical (unpaired) electrons. The number of nitrogens with one attached hydrogen (secondary N) is 2. The van der Waals surface area contributed by atoms with Crippen molar-refractivity contribution in [2.45, 2.75) is 31.6 Å². The van der Waals surface area contributed by atoms with Gasteiger partial charge in [-0.15, -0.1) is 11.3 Å². The zero-order valence-corrected chi connectivity index (χ0v) is 15.2. The molecule has 10 heteroatoms. The Balaban J connectivity index is 1.78. The average Bonchev–Trinajstić information content (AvgIpc) is 3.21. The maximum absolute atomic E-state index is 12.6. The van der Waals surface area contributed by atoms with E-state index in [1.165, 1.54) is 0 Å². The van der Waals surface area contributed by atoms with Crippen molar-refractivity contribution < 1.29 is 17.9 Å². The molecule has 0 amide bonds. The number of methoxy groups -OCH3 is 1. The minimum atomic E-state index is -4.40. The fourth-order valence-electron chi connectivity index (χ4n) is 2.75. The highest BCUT2D eigenvalue weighted by atomic mass is 32.1. The molecule has 1 aromatic heterocycles. The van der Waals surface area contributed by atoms with Crippen LogP contribution in [0.5, 0.6) is 0 Å². The topological polar surface area (TPSA) is 61.8 Å². The first kappa shape index (κ1) is 19.9. The highest BCUT2D eigenvalue weighted by Gasteiger charge is 2.33. The van der Waals surface area contributed by atoms with Gasteiger partial charge in [0.05, 0.1) is 13.2 Å². The number of likely N-dealkylation sites (tertiary alicyclic amines) is 1. The number of rotatable bonds is 7. The molecule has 0 aromatic carbocycles. The number of ether oxygens (including phenoxy) is 1. The Bertz CT molecular complexity index is 564. The summed E-state index contributed by atoms with van der Waals surface area (Å²) in [7, 11) is 3.33. The number of aliphatic imine (C=N–C) groups is 1. The number of halogens is 3. The first-order valence-corrected chi connectivity index (χ1v) is 9.01. The molecule has 1 aromatic rings. The van der Waals surface area contributed by atoms with Crippen molar-refractivity contribution in [3.05, 3.63) is 16.1 Å². The van der Waals surface area contributed by atoms with Gasteiger partial charge in [0, 0.05) is 38.7 Å². The zero-order valence-electron chi connectivity index (χ0n) is 14.4. The lowest BCUT2D eigenvalue weighted by Crippen LogP contribution is -2.45. The van der Waals surface area contributed by atoms with E-state index in [0.717, 1.165) is 49.2 Å². The molecule has 1 unspecified atom stereocenters. The van der Waals surface area contributed by atoms with Gasteiger partial charge < -0.3 is 15.4 Å². The molecular formula is C15H24F3N5OS. The maximum Gasteiger partial charge on any atom is 0.434 e. The van der Waals surface area contributed by atoms with E-state index in [9.17, 15) is 13.2 Å². The van der Waals surface area contributed by atoms with Gasteiger partial charge in [-0.25, -0.2) is 4.98 Å². The van der Waals surface area contributed by atoms with E-state index in [1.807, 2.05) is 0 Å². The molecule has 0 aliphatic carbocycles. The van der Waals surface area contributed by atoms with E-state index in [-0.39, 0.29) is 6.54 Å². The Kier molecular flexibility index (Phi) is 7.45. The molecule has 0 spiro atoms. The van der Waals surface area contributed by atoms with Crippen LogP contribution in [0.3, 0.4) is 0 Å². The molecule has 2 N–H and O–H groups in total. The van der Waals surface area contributed by atoms with Gasteiger partial charge in [-0.1, -0.05) is 0 Å². The van der Waals surface area contributed by atoms with E-state index in [4.69, 9.17) is 4.74 Å². The lowest BCUT2D eigenvalue weighted by Gasteiger charge is -2.25. The second-order valence-electron chi connectivity index (χ2n) is 5.76. The van der Waals surface area contributed by atoms with Crippen molar-refractivity contribution in [1.82, 2.24) is 20.5 Å². The Labute approximate surface area is 149 Å². The van der Waals surface area contributed by atoms with Gasteiger partial charge in [-0.3, -0.25) is 9.89 Å². The predicted molar refractivity (Wildman–Crippen MR) is 91.8 cm³/mol. The molecule has 142 valence electrons. The molecule has 1 saturated heterocycles. The number of aromatic nitrogens is 1. The smallest absolute Gasteiger partial charge is 0.383 e. The standard InChI is InChI=1S/C15H24F3N5OS/c1-19-14(20-8-11-4-3-5-23(11)6-7-24-2)21-9-13-22-12(10-25-13)15(16,17)18/h10-11H,3-9H2,1-2H3,(H2,19,20,21). The third kappa shape index (κ3) is 6.12. The van der Waals surface area contributed by atoms with Gasteiger partial charge >= 0.3 is 6.18 Å². The fourth-order valence-corrected chi connectivity index (χ4v) is 3.49. The number of guanidine groups is 1. The Morgan fingerprint density at radius 2 is 2.28 bits per heavy atom. The van der Waals surface area contributed by atoms with Crippen LogP contribution in [0.15, 0.2) is 10.4 Å². The van der Waals surface area contributed by atoms with Crippen LogP contribution in [0, 0.1) is 0 Å². The molecule has 1 aliphatic heterocycles. The average molecular weight is 379 g/mol. The molecule has 1 fully saturated rings. The van der Waals surface area contributed by atoms with Crippen LogP contribution in [0.25, 0.3) is 0 Å². The van der Waals surface area contributed by atoms with Gasteiger partial charge in [0.15, 0.2) is 11.7 Å². The summed E-state index contributed by atoms with van der Waals surface area (Å²) in [4.78, 5) is 10.1. The number of hydrogen-bond acceptors (Lipinski definition) is 5. The van der Waals surface area contributed by atoms with Crippen LogP contribution in [-0.4, -0.2) is 62.3 Å². The second-order valence-corrected chi connectivity index (χ2v) is 6.70. The summed E-state index contributed by atoms with van der Waals surface area (Å²) in [6, 6.07) is 0.408. The first-order valence-electron chi connectivity index (χ1n) is 8.13. The molecule has 6 nitrogen and oxygen atoms in total. The highest BCUT2D eigenvalue weighted by molar-refractivity contribution is 7.09. The quantitative estimate of drug-likeness (QED) is 0.560. The maximum atomic E-state index is 12.6. The molecule has 0 bridgehead atoms. The summed E-state index contributed by atoms with van der Waals surface area (Å²) in [5.41, 5.74) is -0.850. The van der Waals surface area contributed by atoms with E-state index in [0.29, 0.717) is 23.6 Å². The second kappa shape index (κ2) is 9.35. The molecule has 0 saturated carbocycles. The van der Waals surface area contributed by atoms with E-state index in [1.54, 1.807) is 14.2 Å². The lowest BCUT2D eigenvalue weighted by atomic mass is 10.2. The van der Waals surface area contributed by atoms with E-state index < -0.39 is 11.9 Å². The normalized spacial score (nSPS) is 19.4. The highest BCUT2D eigenvalue weighted by Crippen LogP contribution is 2.29. The summed E-state index contributed by atoms with van der Waals surface area (Å²) < 4.78 is 42.8. The zero-order chi connectivity index (χ0) is 18.3. The monoisotopic (exact) mass is 379 g/mol. The Morgan fingerprint density at radius 1 is 1.48 bits per heavy atom. The Hall–Kier alpha value is -1.39. The molecule has 2 rings (SSSR count). The largest absolute Gasteiger partial charge is 0.434 e. The molecule has 2 heterocycles. The summed E-state index contributed by atoms with van der Waals surface area (Å²) >= 11 is 0.983. The van der Waals surface area contributed by atoms with Crippen molar-refractivity contribution >= 4 is 17.3 Å². The van der Waals surface area contributed by atoms with Crippen molar-refractivity contribution in [3.8, 4) is 0 Å². The van der Waals surface area contributed by atoms with Crippen LogP contribution in [0.2, 0.25) is 0 Å². The number of hydrogen-bond donors (Lipinski definition) is 2. The van der Waals surface area contributed by atoms with Crippen molar-refractivity contribution in [2.75, 3.05) is 40.4 Å². The van der Waals surface area contributed by atoms with Gasteiger partial charge in [0.1, 0.15) is 5.01 Å². The fraction of sp³-hybridized carbons (Fsp3) is 0.733. The summed E-state index contributed by atoms with van der Waals surface area (Å²) in [6.07, 6.45) is -2.14. The van der Waals surface area contributed by atoms with Crippen molar-refractivity contribution in [3.63, 3.8) is 0 Å². The number of nitrogens with zero attached hydrogens (tertiary/aromatic N) is 3. The third-order valence-electron chi connectivity index (χ3n) is 4.06. The third-order valence-corrected chi connectivity index (χ3v) is 4.91. The summed E-state index contributed by atoms with van der Waals surface area (Å²) in [5, 5.41) is 7.64. The first-order chi connectivity index (χ1) is 11.9. The van der Waals surface area contributed by atoms with Crippen LogP contribution in [0.4, 0.5) is 13.2 Å². The molecule has 25 heavy (non-hydrogen) atoms. The van der Waals surface area contributed by atoms with Gasteiger partial charge in [0.2, 0.25) is 0 Å². The summed E-state index contributed by atoms with van der Waals surface area (Å²) in [6.45, 7) is 3.60. The number of alkyl halides is 3. The molecule has 1 aliphatic rings. The van der Waals surface area contributed by atoms with E-state index in [2.05, 4.69) is 25.5 Å². The van der Waals surface area contributed by atoms with Gasteiger partial charge in [-0.2, -0.15) is 13.2 Å². The van der Waals surface area contributed by atoms with Crippen LogP contribution >= 0.6 is 11.3 Å². The van der Waals surface area contributed by atoms with Gasteiger partial charge in [0.25, 0.3) is 0 Å². The minimum absolute atomic E-state index is 0.207. The molecule has 1 atom stereocenters. The lowest BCUT2D eigenvalue weighted by molar-refractivity contribution is -0.140. The van der Waals surface area contributed by atoms with Crippen molar-refractivity contribution in [2.24, 2.45) is 4.99 Å². The SMILES string of the molecule is CN=C(NCc1nc(C(F)(F)F)cs1)NCC1CCCN1CCOC. The Morgan fingerprint density at radius 3 is 2.92 bits per heavy atom. The van der Waals surface area contributed by atoms with Gasteiger partial charge in [-0.05, 0) is 19.4 Å².